The summed E-state index contributed by atoms with van der Waals surface area (Å²) >= 11 is 0. The van der Waals surface area contributed by atoms with Gasteiger partial charge in [0.15, 0.2) is 5.78 Å². The number of rotatable bonds is 3. The van der Waals surface area contributed by atoms with Gasteiger partial charge < -0.3 is 5.11 Å². The topological polar surface area (TPSA) is 57.6 Å². The molecule has 0 saturated carbocycles. The lowest BCUT2D eigenvalue weighted by atomic mass is 9.97. The standard InChI is InChI=1S/C15H17NO3/c17-14(10-4-2-1-3-5-10)13-7-6-12-11(15(18)19)8-9-16(12)13/h1-5,11-13H,6-9H2,(H,18,19)/t11-,12?,13?/m0/s1. The Morgan fingerprint density at radius 3 is 2.53 bits per heavy atom. The maximum absolute atomic E-state index is 12.5. The molecular weight excluding hydrogens is 242 g/mol. The van der Waals surface area contributed by atoms with Gasteiger partial charge in [0.25, 0.3) is 0 Å². The molecule has 1 aromatic carbocycles. The highest BCUT2D eigenvalue weighted by Crippen LogP contribution is 2.37. The molecule has 2 unspecified atom stereocenters. The Labute approximate surface area is 112 Å². The van der Waals surface area contributed by atoms with Gasteiger partial charge in [0.2, 0.25) is 0 Å². The Bertz CT molecular complexity index is 499. The highest BCUT2D eigenvalue weighted by molar-refractivity contribution is 6.00. The summed E-state index contributed by atoms with van der Waals surface area (Å²) in [6.07, 6.45) is 2.26. The molecule has 2 fully saturated rings. The second-order valence-electron chi connectivity index (χ2n) is 5.36. The van der Waals surface area contributed by atoms with E-state index < -0.39 is 5.97 Å². The van der Waals surface area contributed by atoms with Gasteiger partial charge in [-0.3, -0.25) is 14.5 Å². The smallest absolute Gasteiger partial charge is 0.308 e. The van der Waals surface area contributed by atoms with Crippen molar-refractivity contribution < 1.29 is 14.7 Å². The number of carbonyl (C=O) groups excluding carboxylic acids is 1. The number of aliphatic carboxylic acids is 1. The Kier molecular flexibility index (Phi) is 3.11. The van der Waals surface area contributed by atoms with Crippen molar-refractivity contribution in [2.75, 3.05) is 6.54 Å². The molecule has 2 heterocycles. The molecule has 0 bridgehead atoms. The van der Waals surface area contributed by atoms with E-state index in [1.165, 1.54) is 0 Å². The fraction of sp³-hybridized carbons (Fsp3) is 0.467. The van der Waals surface area contributed by atoms with E-state index in [1.807, 2.05) is 30.3 Å². The van der Waals surface area contributed by atoms with Crippen LogP contribution in [0.25, 0.3) is 0 Å². The molecule has 0 aromatic heterocycles. The lowest BCUT2D eigenvalue weighted by molar-refractivity contribution is -0.142. The third-order valence-corrected chi connectivity index (χ3v) is 4.40. The summed E-state index contributed by atoms with van der Waals surface area (Å²) in [7, 11) is 0. The highest BCUT2D eigenvalue weighted by Gasteiger charge is 2.47. The molecule has 4 heteroatoms. The average Bonchev–Trinajstić information content (AvgIpc) is 2.99. The van der Waals surface area contributed by atoms with Crippen LogP contribution in [-0.4, -0.2) is 40.4 Å². The molecule has 0 aliphatic carbocycles. The van der Waals surface area contributed by atoms with E-state index in [4.69, 9.17) is 0 Å². The third-order valence-electron chi connectivity index (χ3n) is 4.40. The van der Waals surface area contributed by atoms with Crippen LogP contribution < -0.4 is 0 Å². The monoisotopic (exact) mass is 259 g/mol. The normalized spacial score (nSPS) is 30.2. The quantitative estimate of drug-likeness (QED) is 0.841. The second-order valence-corrected chi connectivity index (χ2v) is 5.36. The lowest BCUT2D eigenvalue weighted by Gasteiger charge is -2.23. The van der Waals surface area contributed by atoms with Gasteiger partial charge in [0.1, 0.15) is 0 Å². The van der Waals surface area contributed by atoms with Crippen LogP contribution in [-0.2, 0) is 4.79 Å². The number of ketones is 1. The summed E-state index contributed by atoms with van der Waals surface area (Å²) in [6.45, 7) is 0.727. The van der Waals surface area contributed by atoms with Crippen molar-refractivity contribution in [3.05, 3.63) is 35.9 Å². The maximum Gasteiger partial charge on any atom is 0.308 e. The number of carbonyl (C=O) groups is 2. The minimum atomic E-state index is -0.722. The van der Waals surface area contributed by atoms with Crippen molar-refractivity contribution in [3.63, 3.8) is 0 Å². The third kappa shape index (κ3) is 2.06. The molecule has 0 spiro atoms. The van der Waals surface area contributed by atoms with Gasteiger partial charge in [-0.25, -0.2) is 0 Å². The zero-order valence-electron chi connectivity index (χ0n) is 10.7. The Balaban J connectivity index is 1.78. The number of Topliss-reactive ketones (excluding diaryl/α,β-unsaturated/α-hetero) is 1. The van der Waals surface area contributed by atoms with Gasteiger partial charge in [0.05, 0.1) is 12.0 Å². The van der Waals surface area contributed by atoms with Crippen molar-refractivity contribution in [2.24, 2.45) is 5.92 Å². The Morgan fingerprint density at radius 2 is 1.84 bits per heavy atom. The molecule has 2 aliphatic heterocycles. The number of carboxylic acid groups (broad SMARTS) is 1. The van der Waals surface area contributed by atoms with Crippen LogP contribution in [0.4, 0.5) is 0 Å². The van der Waals surface area contributed by atoms with E-state index in [0.717, 1.165) is 24.9 Å². The fourth-order valence-electron chi connectivity index (χ4n) is 3.49. The molecule has 3 atom stereocenters. The second kappa shape index (κ2) is 4.78. The molecule has 4 nitrogen and oxygen atoms in total. The molecule has 100 valence electrons. The minimum absolute atomic E-state index is 0.0511. The van der Waals surface area contributed by atoms with Gasteiger partial charge in [-0.1, -0.05) is 30.3 Å². The summed E-state index contributed by atoms with van der Waals surface area (Å²) in [5, 5.41) is 9.19. The molecule has 1 aromatic rings. The number of carboxylic acids is 1. The first-order chi connectivity index (χ1) is 9.18. The van der Waals surface area contributed by atoms with Crippen LogP contribution in [0.2, 0.25) is 0 Å². The van der Waals surface area contributed by atoms with Gasteiger partial charge in [-0.15, -0.1) is 0 Å². The van der Waals surface area contributed by atoms with Crippen molar-refractivity contribution in [1.29, 1.82) is 0 Å². The highest BCUT2D eigenvalue weighted by atomic mass is 16.4. The van der Waals surface area contributed by atoms with Crippen molar-refractivity contribution in [3.8, 4) is 0 Å². The molecular formula is C15H17NO3. The molecule has 3 rings (SSSR count). The number of nitrogens with zero attached hydrogens (tertiary/aromatic N) is 1. The average molecular weight is 259 g/mol. The number of benzene rings is 1. The van der Waals surface area contributed by atoms with Crippen LogP contribution in [0.15, 0.2) is 30.3 Å². The van der Waals surface area contributed by atoms with Gasteiger partial charge in [0, 0.05) is 18.2 Å². The van der Waals surface area contributed by atoms with E-state index in [1.54, 1.807) is 0 Å². The number of hydrogen-bond acceptors (Lipinski definition) is 3. The first-order valence-electron chi connectivity index (χ1n) is 6.76. The van der Waals surface area contributed by atoms with Crippen LogP contribution in [0, 0.1) is 5.92 Å². The SMILES string of the molecule is O=C(c1ccccc1)C1CCC2[C@@H](C(=O)O)CCN12. The molecule has 0 amide bonds. The van der Waals surface area contributed by atoms with Crippen molar-refractivity contribution in [1.82, 2.24) is 4.90 Å². The molecule has 2 saturated heterocycles. The first-order valence-corrected chi connectivity index (χ1v) is 6.76. The maximum atomic E-state index is 12.5. The summed E-state index contributed by atoms with van der Waals surface area (Å²) in [5.74, 6) is -0.886. The zero-order chi connectivity index (χ0) is 13.4. The Hall–Kier alpha value is -1.68. The van der Waals surface area contributed by atoms with Gasteiger partial charge in [-0.2, -0.15) is 0 Å². The molecule has 1 N–H and O–H groups in total. The number of fused-ring (bicyclic) bond motifs is 1. The summed E-state index contributed by atoms with van der Waals surface area (Å²) in [6, 6.07) is 9.21. The summed E-state index contributed by atoms with van der Waals surface area (Å²) < 4.78 is 0. The zero-order valence-corrected chi connectivity index (χ0v) is 10.7. The van der Waals surface area contributed by atoms with Crippen LogP contribution >= 0.6 is 0 Å². The van der Waals surface area contributed by atoms with E-state index in [0.29, 0.717) is 6.42 Å². The van der Waals surface area contributed by atoms with Crippen LogP contribution in [0.1, 0.15) is 29.6 Å². The minimum Gasteiger partial charge on any atom is -0.481 e. The van der Waals surface area contributed by atoms with E-state index in [-0.39, 0.29) is 23.8 Å². The van der Waals surface area contributed by atoms with Crippen molar-refractivity contribution >= 4 is 11.8 Å². The first kappa shape index (κ1) is 12.4. The molecule has 0 radical (unpaired) electrons. The summed E-state index contributed by atoms with van der Waals surface area (Å²) in [5.41, 5.74) is 0.729. The van der Waals surface area contributed by atoms with Crippen LogP contribution in [0.5, 0.6) is 0 Å². The van der Waals surface area contributed by atoms with E-state index in [2.05, 4.69) is 4.90 Å². The Morgan fingerprint density at radius 1 is 1.11 bits per heavy atom. The molecule has 19 heavy (non-hydrogen) atoms. The number of hydrogen-bond donors (Lipinski definition) is 1. The van der Waals surface area contributed by atoms with Crippen molar-refractivity contribution in [2.45, 2.75) is 31.3 Å². The van der Waals surface area contributed by atoms with Gasteiger partial charge in [-0.05, 0) is 19.3 Å². The van der Waals surface area contributed by atoms with Gasteiger partial charge >= 0.3 is 5.97 Å². The largest absolute Gasteiger partial charge is 0.481 e. The predicted octanol–water partition coefficient (Wildman–Crippen LogP) is 1.81. The van der Waals surface area contributed by atoms with Crippen LogP contribution in [0.3, 0.4) is 0 Å². The van der Waals surface area contributed by atoms with E-state index >= 15 is 0 Å². The lowest BCUT2D eigenvalue weighted by Crippen LogP contribution is -2.39. The fourth-order valence-corrected chi connectivity index (χ4v) is 3.49. The molecule has 2 aliphatic rings. The van der Waals surface area contributed by atoms with E-state index in [9.17, 15) is 14.7 Å². The predicted molar refractivity (Wildman–Crippen MR) is 70.0 cm³/mol. The summed E-state index contributed by atoms with van der Waals surface area (Å²) in [4.78, 5) is 25.8.